The van der Waals surface area contributed by atoms with Gasteiger partial charge in [-0.15, -0.1) is 12.3 Å². The van der Waals surface area contributed by atoms with Crippen molar-refractivity contribution in [3.63, 3.8) is 0 Å². The maximum absolute atomic E-state index is 12.8. The minimum Gasteiger partial charge on any atom is -0.444 e. The largest absolute Gasteiger partial charge is 0.444 e. The van der Waals surface area contributed by atoms with Crippen molar-refractivity contribution >= 4 is 11.8 Å². The Kier molecular flexibility index (Phi) is 5.48. The average Bonchev–Trinajstić information content (AvgIpc) is 2.33. The summed E-state index contributed by atoms with van der Waals surface area (Å²) in [5.74, 6) is 2.41. The van der Waals surface area contributed by atoms with E-state index in [1.54, 1.807) is 20.8 Å². The van der Waals surface area contributed by atoms with Gasteiger partial charge in [-0.25, -0.2) is 4.79 Å². The molecule has 6 heteroatoms. The molecule has 0 saturated carbocycles. The summed E-state index contributed by atoms with van der Waals surface area (Å²) in [6, 6.07) is 3.16. The Morgan fingerprint density at radius 1 is 1.32 bits per heavy atom. The number of carbonyl (C=O) groups is 1. The number of rotatable bonds is 3. The van der Waals surface area contributed by atoms with E-state index in [2.05, 4.69) is 11.2 Å². The summed E-state index contributed by atoms with van der Waals surface area (Å²) in [5, 5.41) is 2.36. The Morgan fingerprint density at radius 3 is 2.45 bits per heavy atom. The number of hydrogen-bond donors (Lipinski definition) is 1. The Bertz CT molecular complexity index is 581. The predicted molar refractivity (Wildman–Crippen MR) is 78.5 cm³/mol. The Balaban J connectivity index is 3.06. The van der Waals surface area contributed by atoms with E-state index >= 15 is 0 Å². The van der Waals surface area contributed by atoms with Crippen molar-refractivity contribution in [3.8, 4) is 12.3 Å². The second-order valence-electron chi connectivity index (χ2n) is 5.70. The van der Waals surface area contributed by atoms with E-state index in [4.69, 9.17) is 11.2 Å². The van der Waals surface area contributed by atoms with Gasteiger partial charge < -0.3 is 4.74 Å². The Morgan fingerprint density at radius 2 is 1.95 bits per heavy atom. The normalized spacial score (nSPS) is 11.7. The van der Waals surface area contributed by atoms with Gasteiger partial charge in [-0.2, -0.15) is 13.2 Å². The van der Waals surface area contributed by atoms with Gasteiger partial charge >= 0.3 is 12.3 Å². The highest BCUT2D eigenvalue weighted by atomic mass is 19.4. The molecule has 0 saturated heterocycles. The predicted octanol–water partition coefficient (Wildman–Crippen LogP) is 4.62. The topological polar surface area (TPSA) is 38.3 Å². The van der Waals surface area contributed by atoms with Gasteiger partial charge in [0.25, 0.3) is 0 Å². The molecule has 0 atom stereocenters. The zero-order valence-corrected chi connectivity index (χ0v) is 12.7. The van der Waals surface area contributed by atoms with Crippen molar-refractivity contribution in [2.24, 2.45) is 0 Å². The number of aryl methyl sites for hydroxylation is 1. The number of nitrogens with one attached hydrogen (secondary N) is 1. The van der Waals surface area contributed by atoms with Crippen molar-refractivity contribution in [2.75, 3.05) is 5.32 Å². The van der Waals surface area contributed by atoms with E-state index in [1.807, 2.05) is 0 Å². The SMILES string of the molecule is C#CCCc1ccc(C(F)(F)F)cc1NC(=O)OC(C)(C)C. The van der Waals surface area contributed by atoms with Crippen LogP contribution in [0, 0.1) is 12.3 Å². The molecule has 0 bridgehead atoms. The lowest BCUT2D eigenvalue weighted by atomic mass is 10.0. The highest BCUT2D eigenvalue weighted by Gasteiger charge is 2.31. The zero-order valence-electron chi connectivity index (χ0n) is 12.7. The second kappa shape index (κ2) is 6.73. The number of alkyl halides is 3. The molecule has 0 aliphatic carbocycles. The van der Waals surface area contributed by atoms with Crippen molar-refractivity contribution in [1.82, 2.24) is 0 Å². The van der Waals surface area contributed by atoms with Crippen LogP contribution in [0.15, 0.2) is 18.2 Å². The molecule has 0 heterocycles. The molecule has 0 spiro atoms. The van der Waals surface area contributed by atoms with Crippen molar-refractivity contribution in [3.05, 3.63) is 29.3 Å². The molecule has 120 valence electrons. The third-order valence-electron chi connectivity index (χ3n) is 2.61. The van der Waals surface area contributed by atoms with Gasteiger partial charge in [-0.05, 0) is 44.9 Å². The van der Waals surface area contributed by atoms with Gasteiger partial charge in [0.1, 0.15) is 5.60 Å². The first kappa shape index (κ1) is 17.9. The second-order valence-corrected chi connectivity index (χ2v) is 5.70. The van der Waals surface area contributed by atoms with E-state index < -0.39 is 23.4 Å². The number of carbonyl (C=O) groups excluding carboxylic acids is 1. The van der Waals surface area contributed by atoms with Crippen LogP contribution in [0.2, 0.25) is 0 Å². The maximum atomic E-state index is 12.8. The van der Waals surface area contributed by atoms with Gasteiger partial charge in [0.15, 0.2) is 0 Å². The van der Waals surface area contributed by atoms with E-state index in [0.29, 0.717) is 18.4 Å². The van der Waals surface area contributed by atoms with Crippen molar-refractivity contribution in [1.29, 1.82) is 0 Å². The first-order valence-corrected chi connectivity index (χ1v) is 6.66. The minimum absolute atomic E-state index is 0.0549. The van der Waals surface area contributed by atoms with Gasteiger partial charge in [0, 0.05) is 12.1 Å². The summed E-state index contributed by atoms with van der Waals surface area (Å²) in [4.78, 5) is 11.8. The smallest absolute Gasteiger partial charge is 0.416 e. The summed E-state index contributed by atoms with van der Waals surface area (Å²) < 4.78 is 43.4. The van der Waals surface area contributed by atoms with Crippen LogP contribution in [0.3, 0.4) is 0 Å². The minimum atomic E-state index is -4.49. The van der Waals surface area contributed by atoms with Gasteiger partial charge in [0.2, 0.25) is 0 Å². The third-order valence-corrected chi connectivity index (χ3v) is 2.61. The standard InChI is InChI=1S/C16H18F3NO2/c1-5-6-7-11-8-9-12(16(17,18)19)10-13(11)20-14(21)22-15(2,3)4/h1,8-10H,6-7H2,2-4H3,(H,20,21). The van der Waals surface area contributed by atoms with E-state index in [9.17, 15) is 18.0 Å². The van der Waals surface area contributed by atoms with Gasteiger partial charge in [0.05, 0.1) is 5.56 Å². The molecule has 0 aromatic heterocycles. The quantitative estimate of drug-likeness (QED) is 0.827. The van der Waals surface area contributed by atoms with E-state index in [-0.39, 0.29) is 5.69 Å². The number of ether oxygens (including phenoxy) is 1. The lowest BCUT2D eigenvalue weighted by Gasteiger charge is -2.21. The molecular formula is C16H18F3NO2. The molecule has 1 rings (SSSR count). The molecule has 22 heavy (non-hydrogen) atoms. The van der Waals surface area contributed by atoms with Crippen LogP contribution in [0.4, 0.5) is 23.7 Å². The van der Waals surface area contributed by atoms with Gasteiger partial charge in [-0.3, -0.25) is 5.32 Å². The zero-order chi connectivity index (χ0) is 17.0. The summed E-state index contributed by atoms with van der Waals surface area (Å²) in [6.45, 7) is 4.99. The third kappa shape index (κ3) is 5.68. The van der Waals surface area contributed by atoms with Crippen LogP contribution >= 0.6 is 0 Å². The average molecular weight is 313 g/mol. The lowest BCUT2D eigenvalue weighted by molar-refractivity contribution is -0.137. The van der Waals surface area contributed by atoms with Crippen LogP contribution in [0.1, 0.15) is 38.3 Å². The Hall–Kier alpha value is -2.16. The van der Waals surface area contributed by atoms with Crippen LogP contribution in [0.25, 0.3) is 0 Å². The first-order valence-electron chi connectivity index (χ1n) is 6.66. The molecule has 3 nitrogen and oxygen atoms in total. The van der Waals surface area contributed by atoms with Crippen LogP contribution in [-0.2, 0) is 17.3 Å². The molecule has 0 aliphatic heterocycles. The molecule has 1 aromatic carbocycles. The first-order chi connectivity index (χ1) is 10.0. The maximum Gasteiger partial charge on any atom is 0.416 e. The highest BCUT2D eigenvalue weighted by Crippen LogP contribution is 2.32. The lowest BCUT2D eigenvalue weighted by Crippen LogP contribution is -2.27. The monoisotopic (exact) mass is 313 g/mol. The molecule has 0 radical (unpaired) electrons. The molecule has 0 aliphatic rings. The number of terminal acetylenes is 1. The molecule has 1 aromatic rings. The fraction of sp³-hybridized carbons (Fsp3) is 0.438. The number of benzene rings is 1. The summed E-state index contributed by atoms with van der Waals surface area (Å²) in [6.07, 6.45) is 0.582. The van der Waals surface area contributed by atoms with E-state index in [1.165, 1.54) is 6.07 Å². The van der Waals surface area contributed by atoms with Crippen molar-refractivity contribution in [2.45, 2.75) is 45.4 Å². The molecule has 0 fully saturated rings. The number of anilines is 1. The molecule has 1 N–H and O–H groups in total. The molecule has 0 unspecified atom stereocenters. The fourth-order valence-electron chi connectivity index (χ4n) is 1.71. The fourth-order valence-corrected chi connectivity index (χ4v) is 1.71. The van der Waals surface area contributed by atoms with E-state index in [0.717, 1.165) is 12.1 Å². The number of hydrogen-bond acceptors (Lipinski definition) is 2. The molecular weight excluding hydrogens is 295 g/mol. The van der Waals surface area contributed by atoms with Crippen LogP contribution in [0.5, 0.6) is 0 Å². The van der Waals surface area contributed by atoms with Gasteiger partial charge in [-0.1, -0.05) is 6.07 Å². The summed E-state index contributed by atoms with van der Waals surface area (Å²) >= 11 is 0. The highest BCUT2D eigenvalue weighted by molar-refractivity contribution is 5.86. The number of halogens is 3. The summed E-state index contributed by atoms with van der Waals surface area (Å²) in [5.41, 5.74) is -1.01. The van der Waals surface area contributed by atoms with Crippen LogP contribution in [-0.4, -0.2) is 11.7 Å². The Labute approximate surface area is 127 Å². The van der Waals surface area contributed by atoms with Crippen LogP contribution < -0.4 is 5.32 Å². The molecule has 1 amide bonds. The summed E-state index contributed by atoms with van der Waals surface area (Å²) in [7, 11) is 0. The van der Waals surface area contributed by atoms with Crippen molar-refractivity contribution < 1.29 is 22.7 Å². The number of amides is 1.